The Balaban J connectivity index is 1.87. The molecule has 1 aliphatic rings. The second-order valence-corrected chi connectivity index (χ2v) is 5.65. The van der Waals surface area contributed by atoms with Crippen LogP contribution in [0.15, 0.2) is 18.9 Å². The SMILES string of the molecule is C=CCn1cc(C)nc1NCC1CCC(C)CC1. The lowest BCUT2D eigenvalue weighted by molar-refractivity contribution is 0.300. The van der Waals surface area contributed by atoms with Gasteiger partial charge in [-0.05, 0) is 31.6 Å². The van der Waals surface area contributed by atoms with Gasteiger partial charge in [0.2, 0.25) is 5.95 Å². The third kappa shape index (κ3) is 3.37. The molecule has 1 saturated carbocycles. The molecule has 1 aromatic rings. The van der Waals surface area contributed by atoms with Gasteiger partial charge < -0.3 is 9.88 Å². The van der Waals surface area contributed by atoms with E-state index >= 15 is 0 Å². The number of aromatic nitrogens is 2. The van der Waals surface area contributed by atoms with Crippen LogP contribution >= 0.6 is 0 Å². The average molecular weight is 247 g/mol. The van der Waals surface area contributed by atoms with Crippen LogP contribution in [0.4, 0.5) is 5.95 Å². The fraction of sp³-hybridized carbons (Fsp3) is 0.667. The summed E-state index contributed by atoms with van der Waals surface area (Å²) in [5, 5.41) is 3.51. The highest BCUT2D eigenvalue weighted by molar-refractivity contribution is 5.29. The topological polar surface area (TPSA) is 29.9 Å². The van der Waals surface area contributed by atoms with Crippen LogP contribution in [0.25, 0.3) is 0 Å². The number of nitrogens with one attached hydrogen (secondary N) is 1. The molecule has 0 saturated heterocycles. The molecule has 0 unspecified atom stereocenters. The van der Waals surface area contributed by atoms with Crippen LogP contribution in [0, 0.1) is 18.8 Å². The highest BCUT2D eigenvalue weighted by atomic mass is 15.2. The van der Waals surface area contributed by atoms with E-state index in [2.05, 4.69) is 34.6 Å². The highest BCUT2D eigenvalue weighted by Crippen LogP contribution is 2.28. The van der Waals surface area contributed by atoms with Crippen molar-refractivity contribution < 1.29 is 0 Å². The maximum absolute atomic E-state index is 4.53. The predicted octanol–water partition coefficient (Wildman–Crippen LogP) is 3.62. The van der Waals surface area contributed by atoms with E-state index in [4.69, 9.17) is 0 Å². The van der Waals surface area contributed by atoms with Gasteiger partial charge in [-0.1, -0.05) is 25.8 Å². The lowest BCUT2D eigenvalue weighted by Gasteiger charge is -2.26. The zero-order valence-electron chi connectivity index (χ0n) is 11.7. The third-order valence-corrected chi connectivity index (χ3v) is 3.91. The molecule has 1 aromatic heterocycles. The highest BCUT2D eigenvalue weighted by Gasteiger charge is 2.18. The normalized spacial score (nSPS) is 23.9. The van der Waals surface area contributed by atoms with E-state index in [9.17, 15) is 0 Å². The number of anilines is 1. The molecule has 3 nitrogen and oxygen atoms in total. The van der Waals surface area contributed by atoms with Crippen LogP contribution in [0.3, 0.4) is 0 Å². The van der Waals surface area contributed by atoms with Crippen molar-refractivity contribution in [3.05, 3.63) is 24.5 Å². The molecule has 0 spiro atoms. The molecule has 3 heteroatoms. The fourth-order valence-corrected chi connectivity index (χ4v) is 2.74. The van der Waals surface area contributed by atoms with E-state index < -0.39 is 0 Å². The van der Waals surface area contributed by atoms with Crippen LogP contribution in [0.1, 0.15) is 38.3 Å². The molecule has 18 heavy (non-hydrogen) atoms. The monoisotopic (exact) mass is 247 g/mol. The maximum Gasteiger partial charge on any atom is 0.203 e. The molecule has 1 fully saturated rings. The summed E-state index contributed by atoms with van der Waals surface area (Å²) in [6, 6.07) is 0. The van der Waals surface area contributed by atoms with Crippen molar-refractivity contribution in [1.29, 1.82) is 0 Å². The molecule has 1 N–H and O–H groups in total. The van der Waals surface area contributed by atoms with Crippen LogP contribution < -0.4 is 5.32 Å². The summed E-state index contributed by atoms with van der Waals surface area (Å²) in [6.45, 7) is 10.1. The van der Waals surface area contributed by atoms with Crippen LogP contribution in [0.2, 0.25) is 0 Å². The molecule has 0 radical (unpaired) electrons. The molecule has 2 rings (SSSR count). The molecule has 0 atom stereocenters. The van der Waals surface area contributed by atoms with Crippen LogP contribution in [-0.2, 0) is 6.54 Å². The molecule has 100 valence electrons. The largest absolute Gasteiger partial charge is 0.355 e. The lowest BCUT2D eigenvalue weighted by atomic mass is 9.83. The number of rotatable bonds is 5. The molecule has 0 amide bonds. The van der Waals surface area contributed by atoms with Gasteiger partial charge >= 0.3 is 0 Å². The Hall–Kier alpha value is -1.25. The van der Waals surface area contributed by atoms with Crippen molar-refractivity contribution in [2.45, 2.75) is 46.1 Å². The Labute approximate surface area is 110 Å². The van der Waals surface area contributed by atoms with E-state index in [1.165, 1.54) is 25.7 Å². The summed E-state index contributed by atoms with van der Waals surface area (Å²) in [4.78, 5) is 4.53. The summed E-state index contributed by atoms with van der Waals surface area (Å²) >= 11 is 0. The van der Waals surface area contributed by atoms with Crippen LogP contribution in [-0.4, -0.2) is 16.1 Å². The van der Waals surface area contributed by atoms with Crippen molar-refractivity contribution in [2.75, 3.05) is 11.9 Å². The van der Waals surface area contributed by atoms with Gasteiger partial charge in [0.1, 0.15) is 0 Å². The molecule has 1 aliphatic carbocycles. The fourth-order valence-electron chi connectivity index (χ4n) is 2.74. The van der Waals surface area contributed by atoms with Crippen molar-refractivity contribution in [3.8, 4) is 0 Å². The van der Waals surface area contributed by atoms with Gasteiger partial charge in [0.15, 0.2) is 0 Å². The van der Waals surface area contributed by atoms with Gasteiger partial charge in [0, 0.05) is 19.3 Å². The summed E-state index contributed by atoms with van der Waals surface area (Å²) in [5.74, 6) is 2.73. The second kappa shape index (κ2) is 6.07. The van der Waals surface area contributed by atoms with Gasteiger partial charge in [-0.25, -0.2) is 4.98 Å². The summed E-state index contributed by atoms with van der Waals surface area (Å²) in [6.07, 6.45) is 9.46. The zero-order valence-corrected chi connectivity index (χ0v) is 11.7. The van der Waals surface area contributed by atoms with Gasteiger partial charge in [-0.3, -0.25) is 0 Å². The Morgan fingerprint density at radius 2 is 2.17 bits per heavy atom. The number of hydrogen-bond donors (Lipinski definition) is 1. The number of nitrogens with zero attached hydrogens (tertiary/aromatic N) is 2. The Bertz CT molecular complexity index is 386. The minimum Gasteiger partial charge on any atom is -0.355 e. The van der Waals surface area contributed by atoms with E-state index in [0.29, 0.717) is 0 Å². The first-order valence-electron chi connectivity index (χ1n) is 7.07. The molecular formula is C15H25N3. The van der Waals surface area contributed by atoms with Crippen LogP contribution in [0.5, 0.6) is 0 Å². The molecule has 0 aliphatic heterocycles. The first kappa shape index (κ1) is 13.2. The summed E-state index contributed by atoms with van der Waals surface area (Å²) in [7, 11) is 0. The Morgan fingerprint density at radius 1 is 1.44 bits per heavy atom. The first-order valence-corrected chi connectivity index (χ1v) is 7.07. The number of hydrogen-bond acceptors (Lipinski definition) is 2. The van der Waals surface area contributed by atoms with E-state index in [0.717, 1.165) is 36.6 Å². The van der Waals surface area contributed by atoms with Crippen molar-refractivity contribution >= 4 is 5.95 Å². The van der Waals surface area contributed by atoms with Crippen molar-refractivity contribution in [3.63, 3.8) is 0 Å². The average Bonchev–Trinajstić information content (AvgIpc) is 2.70. The molecule has 1 heterocycles. The minimum atomic E-state index is 0.815. The molecule has 0 bridgehead atoms. The first-order chi connectivity index (χ1) is 8.69. The standard InChI is InChI=1S/C15H25N3/c1-4-9-18-11-13(3)17-15(18)16-10-14-7-5-12(2)6-8-14/h4,11-12,14H,1,5-10H2,2-3H3,(H,16,17). The van der Waals surface area contributed by atoms with Gasteiger partial charge in [0.25, 0.3) is 0 Å². The zero-order chi connectivity index (χ0) is 13.0. The van der Waals surface area contributed by atoms with Crippen molar-refractivity contribution in [1.82, 2.24) is 9.55 Å². The maximum atomic E-state index is 4.53. The van der Waals surface area contributed by atoms with Crippen molar-refractivity contribution in [2.24, 2.45) is 11.8 Å². The molecule has 0 aromatic carbocycles. The molecular weight excluding hydrogens is 222 g/mol. The number of allylic oxidation sites excluding steroid dienone is 1. The summed E-state index contributed by atoms with van der Waals surface area (Å²) < 4.78 is 2.13. The smallest absolute Gasteiger partial charge is 0.203 e. The quantitative estimate of drug-likeness (QED) is 0.805. The Kier molecular flexibility index (Phi) is 4.45. The third-order valence-electron chi connectivity index (χ3n) is 3.91. The minimum absolute atomic E-state index is 0.815. The Morgan fingerprint density at radius 3 is 2.83 bits per heavy atom. The van der Waals surface area contributed by atoms with Gasteiger partial charge in [-0.2, -0.15) is 0 Å². The van der Waals surface area contributed by atoms with E-state index in [1.807, 2.05) is 13.0 Å². The van der Waals surface area contributed by atoms with E-state index in [1.54, 1.807) is 0 Å². The second-order valence-electron chi connectivity index (χ2n) is 5.65. The van der Waals surface area contributed by atoms with Gasteiger partial charge in [-0.15, -0.1) is 6.58 Å². The van der Waals surface area contributed by atoms with Gasteiger partial charge in [0.05, 0.1) is 5.69 Å². The number of imidazole rings is 1. The lowest BCUT2D eigenvalue weighted by Crippen LogP contribution is -2.21. The number of aryl methyl sites for hydroxylation is 1. The van der Waals surface area contributed by atoms with E-state index in [-0.39, 0.29) is 0 Å². The summed E-state index contributed by atoms with van der Waals surface area (Å²) in [5.41, 5.74) is 1.07. The predicted molar refractivity (Wildman–Crippen MR) is 76.8 cm³/mol.